The molecule has 2 rings (SSSR count). The minimum absolute atomic E-state index is 0.00371. The Balaban J connectivity index is 1.82. The van der Waals surface area contributed by atoms with Crippen molar-refractivity contribution >= 4 is 20.4 Å². The number of benzene rings is 1. The second-order valence-corrected chi connectivity index (χ2v) is 10.9. The van der Waals surface area contributed by atoms with Gasteiger partial charge in [0.25, 0.3) is 0 Å². The van der Waals surface area contributed by atoms with Crippen molar-refractivity contribution in [1.29, 1.82) is 0 Å². The van der Waals surface area contributed by atoms with Gasteiger partial charge in [-0.05, 0) is 22.7 Å². The van der Waals surface area contributed by atoms with E-state index in [9.17, 15) is 4.79 Å². The largest absolute Gasteiger partial charge is 0.380 e. The van der Waals surface area contributed by atoms with Crippen LogP contribution in [-0.2, 0) is 16.1 Å². The highest BCUT2D eigenvalue weighted by Crippen LogP contribution is 2.27. The molecule has 5 heteroatoms. The van der Waals surface area contributed by atoms with Gasteiger partial charge in [-0.25, -0.2) is 0 Å². The van der Waals surface area contributed by atoms with Crippen LogP contribution in [0.3, 0.4) is 0 Å². The molecular formula is C16H26N2O2Si. The van der Waals surface area contributed by atoms with Gasteiger partial charge >= 0.3 is 0 Å². The van der Waals surface area contributed by atoms with Crippen molar-refractivity contribution in [1.82, 2.24) is 0 Å². The zero-order valence-electron chi connectivity index (χ0n) is 13.4. The van der Waals surface area contributed by atoms with Crippen LogP contribution in [0.1, 0.15) is 26.3 Å². The molecule has 1 aromatic rings. The third-order valence-electron chi connectivity index (χ3n) is 4.33. The van der Waals surface area contributed by atoms with Crippen molar-refractivity contribution in [3.8, 4) is 0 Å². The molecule has 1 fully saturated rings. The van der Waals surface area contributed by atoms with Crippen LogP contribution in [0, 0.1) is 0 Å². The monoisotopic (exact) mass is 306 g/mol. The third-order valence-corrected chi connectivity index (χ3v) is 8.02. The highest BCUT2D eigenvalue weighted by atomic mass is 28.3. The Bertz CT molecular complexity index is 496. The van der Waals surface area contributed by atoms with Gasteiger partial charge < -0.3 is 15.4 Å². The molecule has 0 saturated carbocycles. The standard InChI is InChI=1S/C16H26N2O2Si/c1-16(2,3)21(4)11-20-10-12-5-7-13(8-6-12)18-9-14(17)15(18)19/h5-8,14,21H,9-11,17H2,1-4H3/t14-,21?/m0/s1. The molecule has 0 bridgehead atoms. The predicted octanol–water partition coefficient (Wildman–Crippen LogP) is 2.07. The molecule has 1 amide bonds. The summed E-state index contributed by atoms with van der Waals surface area (Å²) in [6.45, 7) is 10.5. The summed E-state index contributed by atoms with van der Waals surface area (Å²) in [5, 5.41) is 0.403. The lowest BCUT2D eigenvalue weighted by Gasteiger charge is -2.36. The average Bonchev–Trinajstić information content (AvgIpc) is 2.44. The van der Waals surface area contributed by atoms with E-state index in [0.717, 1.165) is 17.5 Å². The van der Waals surface area contributed by atoms with Crippen LogP contribution in [0.15, 0.2) is 24.3 Å². The molecule has 2 atom stereocenters. The van der Waals surface area contributed by atoms with Crippen LogP contribution in [0.5, 0.6) is 0 Å². The summed E-state index contributed by atoms with van der Waals surface area (Å²) in [5.41, 5.74) is 7.67. The van der Waals surface area contributed by atoms with E-state index in [0.29, 0.717) is 18.2 Å². The van der Waals surface area contributed by atoms with E-state index in [2.05, 4.69) is 27.3 Å². The van der Waals surface area contributed by atoms with Crippen LogP contribution in [0.25, 0.3) is 0 Å². The Morgan fingerprint density at radius 1 is 1.33 bits per heavy atom. The molecule has 4 nitrogen and oxygen atoms in total. The number of β-lactam (4-membered cyclic amide) rings is 1. The number of ether oxygens (including phenoxy) is 1. The van der Waals surface area contributed by atoms with E-state index in [1.807, 2.05) is 24.3 Å². The number of amides is 1. The third kappa shape index (κ3) is 3.93. The fraction of sp³-hybridized carbons (Fsp3) is 0.562. The molecule has 0 aromatic heterocycles. The topological polar surface area (TPSA) is 55.6 Å². The molecule has 21 heavy (non-hydrogen) atoms. The maximum Gasteiger partial charge on any atom is 0.245 e. The maximum atomic E-state index is 11.6. The van der Waals surface area contributed by atoms with Gasteiger partial charge in [-0.1, -0.05) is 39.5 Å². The highest BCUT2D eigenvalue weighted by Gasteiger charge is 2.34. The van der Waals surface area contributed by atoms with Crippen molar-refractivity contribution in [2.75, 3.05) is 17.7 Å². The molecular weight excluding hydrogens is 280 g/mol. The second-order valence-electron chi connectivity index (χ2n) is 7.00. The van der Waals surface area contributed by atoms with Gasteiger partial charge in [0, 0.05) is 11.9 Å². The average molecular weight is 306 g/mol. The summed E-state index contributed by atoms with van der Waals surface area (Å²) in [4.78, 5) is 13.3. The highest BCUT2D eigenvalue weighted by molar-refractivity contribution is 6.60. The van der Waals surface area contributed by atoms with Crippen molar-refractivity contribution in [2.24, 2.45) is 5.73 Å². The first-order valence-corrected chi connectivity index (χ1v) is 10.1. The molecule has 2 N–H and O–H groups in total. The summed E-state index contributed by atoms with van der Waals surface area (Å²) in [7, 11) is -0.858. The molecule has 0 aliphatic carbocycles. The zero-order valence-corrected chi connectivity index (χ0v) is 14.6. The van der Waals surface area contributed by atoms with Crippen molar-refractivity contribution in [2.45, 2.75) is 45.0 Å². The Kier molecular flexibility index (Phi) is 4.86. The van der Waals surface area contributed by atoms with Gasteiger partial charge in [-0.2, -0.15) is 0 Å². The fourth-order valence-corrected chi connectivity index (χ4v) is 3.03. The Morgan fingerprint density at radius 2 is 1.95 bits per heavy atom. The molecule has 116 valence electrons. The van der Waals surface area contributed by atoms with E-state index in [4.69, 9.17) is 10.5 Å². The Hall–Kier alpha value is -1.17. The molecule has 0 spiro atoms. The molecule has 1 heterocycles. The van der Waals surface area contributed by atoms with Gasteiger partial charge in [0.15, 0.2) is 0 Å². The molecule has 0 radical (unpaired) electrons. The maximum absolute atomic E-state index is 11.6. The van der Waals surface area contributed by atoms with E-state index < -0.39 is 8.80 Å². The lowest BCUT2D eigenvalue weighted by molar-refractivity contribution is -0.123. The van der Waals surface area contributed by atoms with Crippen LogP contribution in [-0.4, -0.2) is 33.5 Å². The number of nitrogens with two attached hydrogens (primary N) is 1. The van der Waals surface area contributed by atoms with E-state index >= 15 is 0 Å². The minimum Gasteiger partial charge on any atom is -0.380 e. The van der Waals surface area contributed by atoms with Gasteiger partial charge in [0.1, 0.15) is 6.04 Å². The van der Waals surface area contributed by atoms with E-state index in [-0.39, 0.29) is 11.9 Å². The summed E-state index contributed by atoms with van der Waals surface area (Å²) < 4.78 is 5.85. The normalized spacial score (nSPS) is 20.3. The van der Waals surface area contributed by atoms with Crippen LogP contribution in [0.2, 0.25) is 11.6 Å². The second kappa shape index (κ2) is 6.30. The predicted molar refractivity (Wildman–Crippen MR) is 89.2 cm³/mol. The van der Waals surface area contributed by atoms with Crippen molar-refractivity contribution in [3.05, 3.63) is 29.8 Å². The minimum atomic E-state index is -0.858. The fourth-order valence-electron chi connectivity index (χ4n) is 2.06. The van der Waals surface area contributed by atoms with E-state index in [1.54, 1.807) is 4.90 Å². The van der Waals surface area contributed by atoms with Crippen LogP contribution in [0.4, 0.5) is 5.69 Å². The van der Waals surface area contributed by atoms with Gasteiger partial charge in [-0.3, -0.25) is 4.79 Å². The zero-order chi connectivity index (χ0) is 15.6. The molecule has 1 aromatic carbocycles. The van der Waals surface area contributed by atoms with Crippen molar-refractivity contribution in [3.63, 3.8) is 0 Å². The van der Waals surface area contributed by atoms with Crippen molar-refractivity contribution < 1.29 is 9.53 Å². The summed E-state index contributed by atoms with van der Waals surface area (Å²) >= 11 is 0. The van der Waals surface area contributed by atoms with Crippen LogP contribution < -0.4 is 10.6 Å². The molecule has 1 saturated heterocycles. The number of anilines is 1. The Morgan fingerprint density at radius 3 is 2.43 bits per heavy atom. The summed E-state index contributed by atoms with van der Waals surface area (Å²) in [6.07, 6.45) is 0.894. The Labute approximate surface area is 128 Å². The number of carbonyl (C=O) groups is 1. The lowest BCUT2D eigenvalue weighted by Crippen LogP contribution is -2.61. The van der Waals surface area contributed by atoms with Gasteiger partial charge in [-0.15, -0.1) is 0 Å². The number of hydrogen-bond acceptors (Lipinski definition) is 3. The lowest BCUT2D eigenvalue weighted by atomic mass is 10.1. The van der Waals surface area contributed by atoms with Crippen LogP contribution >= 0.6 is 0 Å². The SMILES string of the molecule is C[SiH](COCc1ccc(N2C[C@H](N)C2=O)cc1)C(C)(C)C. The smallest absolute Gasteiger partial charge is 0.245 e. The van der Waals surface area contributed by atoms with Gasteiger partial charge in [0.05, 0.1) is 21.9 Å². The molecule has 1 aliphatic heterocycles. The number of nitrogens with zero attached hydrogens (tertiary/aromatic N) is 1. The molecule has 1 aliphatic rings. The summed E-state index contributed by atoms with van der Waals surface area (Å²) in [5.74, 6) is 0.00371. The summed E-state index contributed by atoms with van der Waals surface area (Å²) in [6, 6.07) is 7.66. The molecule has 1 unspecified atom stereocenters. The first-order valence-electron chi connectivity index (χ1n) is 7.52. The number of hydrogen-bond donors (Lipinski definition) is 1. The number of carbonyl (C=O) groups excluding carboxylic acids is 1. The number of rotatable bonds is 5. The first-order chi connectivity index (χ1) is 9.79. The first kappa shape index (κ1) is 16.2. The quantitative estimate of drug-likeness (QED) is 0.669. The van der Waals surface area contributed by atoms with Gasteiger partial charge in [0.2, 0.25) is 5.91 Å². The van der Waals surface area contributed by atoms with E-state index in [1.165, 1.54) is 0 Å².